The van der Waals surface area contributed by atoms with Crippen molar-refractivity contribution in [2.24, 2.45) is 0 Å². The number of hydrogen-bond donors (Lipinski definition) is 1. The molecule has 0 saturated carbocycles. The third-order valence-corrected chi connectivity index (χ3v) is 4.10. The maximum atomic E-state index is 14.4. The first-order chi connectivity index (χ1) is 12.3. The molecule has 24 heavy (non-hydrogen) atoms. The Morgan fingerprint density at radius 1 is 1.42 bits per heavy atom. The first-order valence-electron chi connectivity index (χ1n) is 8.47. The molecule has 2 aliphatic rings. The Labute approximate surface area is 145 Å². The zero-order chi connectivity index (χ0) is 20.3. The minimum absolute atomic E-state index is 0.148. The van der Waals surface area contributed by atoms with Gasteiger partial charge in [-0.1, -0.05) is 11.6 Å². The van der Waals surface area contributed by atoms with E-state index in [1.54, 1.807) is 0 Å². The molecular formula is C15H15ClF2N2O4. The van der Waals surface area contributed by atoms with Crippen LogP contribution in [0.15, 0.2) is 12.1 Å². The summed E-state index contributed by atoms with van der Waals surface area (Å²) in [6.07, 6.45) is -2.22. The predicted molar refractivity (Wildman–Crippen MR) is 80.5 cm³/mol. The van der Waals surface area contributed by atoms with Crippen molar-refractivity contribution in [2.45, 2.75) is 37.9 Å². The maximum absolute atomic E-state index is 14.4. The number of benzene rings is 1. The molecule has 0 aliphatic carbocycles. The second kappa shape index (κ2) is 5.65. The number of ether oxygens (including phenoxy) is 2. The molecule has 0 bridgehead atoms. The average Bonchev–Trinajstić information content (AvgIpc) is 3.00. The Bertz CT molecular complexity index is 821. The summed E-state index contributed by atoms with van der Waals surface area (Å²) in [5.41, 5.74) is -0.748. The van der Waals surface area contributed by atoms with Gasteiger partial charge in [0.05, 0.1) is 5.69 Å². The van der Waals surface area contributed by atoms with E-state index in [0.29, 0.717) is 0 Å². The third-order valence-electron chi connectivity index (χ3n) is 3.76. The molecule has 1 N–H and O–H groups in total. The number of hydrogen-bond acceptors (Lipinski definition) is 4. The fourth-order valence-corrected chi connectivity index (χ4v) is 2.86. The molecule has 3 rings (SSSR count). The van der Waals surface area contributed by atoms with Crippen LogP contribution < -0.4 is 10.2 Å². The Morgan fingerprint density at radius 2 is 2.12 bits per heavy atom. The molecule has 3 atom stereocenters. The van der Waals surface area contributed by atoms with E-state index in [2.05, 4.69) is 5.32 Å². The van der Waals surface area contributed by atoms with E-state index < -0.39 is 65.2 Å². The molecule has 2 amide bonds. The largest absolute Gasteiger partial charge is 0.341 e. The molecule has 2 fully saturated rings. The van der Waals surface area contributed by atoms with E-state index in [9.17, 15) is 18.4 Å². The number of carbonyl (C=O) groups is 2. The summed E-state index contributed by atoms with van der Waals surface area (Å²) < 4.78 is 61.6. The first kappa shape index (κ1) is 13.5. The van der Waals surface area contributed by atoms with Crippen molar-refractivity contribution in [3.63, 3.8) is 0 Å². The number of carbonyl (C=O) groups excluding carboxylic acids is 2. The molecule has 2 heterocycles. The lowest BCUT2D eigenvalue weighted by molar-refractivity contribution is -0.164. The molecule has 6 nitrogen and oxygen atoms in total. The van der Waals surface area contributed by atoms with Gasteiger partial charge in [0.1, 0.15) is 23.0 Å². The second-order valence-electron chi connectivity index (χ2n) is 5.88. The van der Waals surface area contributed by atoms with Crippen LogP contribution in [-0.2, 0) is 19.1 Å². The van der Waals surface area contributed by atoms with Crippen LogP contribution >= 0.6 is 11.6 Å². The van der Waals surface area contributed by atoms with Crippen LogP contribution in [0.4, 0.5) is 14.5 Å². The summed E-state index contributed by atoms with van der Waals surface area (Å²) in [4.78, 5) is 25.2. The minimum Gasteiger partial charge on any atom is -0.341 e. The van der Waals surface area contributed by atoms with E-state index in [-0.39, 0.29) is 4.90 Å². The third kappa shape index (κ3) is 2.64. The number of rotatable bonds is 2. The highest BCUT2D eigenvalue weighted by Gasteiger charge is 2.56. The number of nitrogens with one attached hydrogen (secondary N) is 1. The Hall–Kier alpha value is -1.77. The lowest BCUT2D eigenvalue weighted by Crippen LogP contribution is -2.49. The number of anilines is 1. The molecule has 130 valence electrons. The fraction of sp³-hybridized carbons (Fsp3) is 0.467. The highest BCUT2D eigenvalue weighted by molar-refractivity contribution is 6.31. The Kier molecular flexibility index (Phi) is 3.18. The predicted octanol–water partition coefficient (Wildman–Crippen LogP) is 1.60. The van der Waals surface area contributed by atoms with Gasteiger partial charge in [0.2, 0.25) is 0 Å². The number of fused-ring (bicyclic) bond motifs is 1. The van der Waals surface area contributed by atoms with Crippen LogP contribution in [0.25, 0.3) is 0 Å². The number of amides is 2. The molecule has 0 radical (unpaired) electrons. The van der Waals surface area contributed by atoms with Crippen LogP contribution in [0.3, 0.4) is 0 Å². The van der Waals surface area contributed by atoms with Gasteiger partial charge < -0.3 is 19.7 Å². The SMILES string of the molecule is [2H]C([2H])([2H])N(C(=O)[C@H]1NC(=O)[C@H]2OC(C)(C)O[C@@H]12)c1ccc(F)c(Cl)c1F. The lowest BCUT2D eigenvalue weighted by atomic mass is 10.1. The molecule has 2 aliphatic heterocycles. The zero-order valence-corrected chi connectivity index (χ0v) is 13.4. The molecule has 9 heteroatoms. The van der Waals surface area contributed by atoms with Crippen LogP contribution in [0.1, 0.15) is 18.0 Å². The topological polar surface area (TPSA) is 67.9 Å². The van der Waals surface area contributed by atoms with Crippen LogP contribution in [0.5, 0.6) is 0 Å². The summed E-state index contributed by atoms with van der Waals surface area (Å²) in [5.74, 6) is -5.52. The lowest BCUT2D eigenvalue weighted by Gasteiger charge is -2.26. The van der Waals surface area contributed by atoms with Crippen molar-refractivity contribution >= 4 is 29.1 Å². The summed E-state index contributed by atoms with van der Waals surface area (Å²) in [6, 6.07) is 0.0828. The fourth-order valence-electron chi connectivity index (χ4n) is 2.70. The van der Waals surface area contributed by atoms with E-state index in [1.807, 2.05) is 0 Å². The average molecular weight is 364 g/mol. The Morgan fingerprint density at radius 3 is 2.79 bits per heavy atom. The molecule has 0 spiro atoms. The van der Waals surface area contributed by atoms with E-state index in [0.717, 1.165) is 12.1 Å². The summed E-state index contributed by atoms with van der Waals surface area (Å²) >= 11 is 5.50. The monoisotopic (exact) mass is 363 g/mol. The van der Waals surface area contributed by atoms with Crippen molar-refractivity contribution in [2.75, 3.05) is 11.9 Å². The van der Waals surface area contributed by atoms with Gasteiger partial charge in [-0.25, -0.2) is 8.78 Å². The minimum atomic E-state index is -3.14. The molecular weight excluding hydrogens is 346 g/mol. The van der Waals surface area contributed by atoms with Gasteiger partial charge in [-0.3, -0.25) is 9.59 Å². The standard InChI is InChI=1S/C15H15ClF2N2O4/c1-15(2)23-11-10(19-13(21)12(11)24-15)14(22)20(3)7-5-4-6(17)8(16)9(7)18/h4-5,10-12H,1-3H3,(H,19,21)/t10-,11-,12-/m0/s1/i3D3. The second-order valence-corrected chi connectivity index (χ2v) is 6.25. The smallest absolute Gasteiger partial charge is 0.252 e. The number of nitrogens with zero attached hydrogens (tertiary/aromatic N) is 1. The van der Waals surface area contributed by atoms with Gasteiger partial charge in [0, 0.05) is 11.1 Å². The van der Waals surface area contributed by atoms with Crippen molar-refractivity contribution in [1.82, 2.24) is 5.32 Å². The molecule has 1 aromatic rings. The quantitative estimate of drug-likeness (QED) is 0.810. The number of likely N-dealkylation sites (N-methyl/N-ethyl adjacent to an activating group) is 1. The number of halogens is 3. The highest BCUT2D eigenvalue weighted by atomic mass is 35.5. The van der Waals surface area contributed by atoms with Crippen molar-refractivity contribution in [1.29, 1.82) is 0 Å². The van der Waals surface area contributed by atoms with Gasteiger partial charge in [0.25, 0.3) is 11.8 Å². The van der Waals surface area contributed by atoms with Gasteiger partial charge >= 0.3 is 0 Å². The maximum Gasteiger partial charge on any atom is 0.252 e. The van der Waals surface area contributed by atoms with E-state index in [1.165, 1.54) is 13.8 Å². The van der Waals surface area contributed by atoms with Gasteiger partial charge in [-0.05, 0) is 26.0 Å². The van der Waals surface area contributed by atoms with E-state index in [4.69, 9.17) is 25.2 Å². The van der Waals surface area contributed by atoms with Crippen LogP contribution in [0, 0.1) is 11.6 Å². The molecule has 1 aromatic carbocycles. The summed E-state index contributed by atoms with van der Waals surface area (Å²) in [7, 11) is 0. The van der Waals surface area contributed by atoms with Crippen molar-refractivity contribution < 1.29 is 32.0 Å². The molecule has 0 aromatic heterocycles. The highest BCUT2D eigenvalue weighted by Crippen LogP contribution is 2.35. The van der Waals surface area contributed by atoms with Gasteiger partial charge in [-0.15, -0.1) is 0 Å². The Balaban J connectivity index is 2.01. The van der Waals surface area contributed by atoms with Gasteiger partial charge in [-0.2, -0.15) is 0 Å². The van der Waals surface area contributed by atoms with E-state index >= 15 is 0 Å². The first-order valence-corrected chi connectivity index (χ1v) is 7.35. The van der Waals surface area contributed by atoms with Crippen molar-refractivity contribution in [3.05, 3.63) is 28.8 Å². The summed E-state index contributed by atoms with van der Waals surface area (Å²) in [5, 5.41) is 1.35. The molecule has 2 saturated heterocycles. The molecule has 0 unspecified atom stereocenters. The van der Waals surface area contributed by atoms with Crippen molar-refractivity contribution in [3.8, 4) is 0 Å². The van der Waals surface area contributed by atoms with Crippen LogP contribution in [0.2, 0.25) is 5.02 Å². The normalized spacial score (nSPS) is 30.1. The zero-order valence-electron chi connectivity index (χ0n) is 15.6. The summed E-state index contributed by atoms with van der Waals surface area (Å²) in [6.45, 7) is -0.0843. The van der Waals surface area contributed by atoms with Gasteiger partial charge in [0.15, 0.2) is 17.7 Å². The van der Waals surface area contributed by atoms with Crippen LogP contribution in [-0.4, -0.2) is 42.8 Å².